The quantitative estimate of drug-likeness (QED) is 0.0234. The van der Waals surface area contributed by atoms with Crippen LogP contribution in [-0.4, -0.2) is 50.7 Å². The van der Waals surface area contributed by atoms with Crippen molar-refractivity contribution in [3.05, 3.63) is 88.9 Å². The third-order valence-corrected chi connectivity index (χ3v) is 13.2. The summed E-state index contributed by atoms with van der Waals surface area (Å²) in [6.07, 6.45) is 77.4. The standard InChI is InChI=1S/C12H23NO.C12H22O4.C12H22O.C12H22.C12H18.C4H6.H2N2O.HNO3.H2/c14-12-10-8-6-4-2-1-3-5-7-9-11-13-12;13-11(14)9-7-5-3-1-2-4-6-8-10-12(15)16;13-12-10-8-6-4-2-1-3-5-7-9-11-12;2*1-2-4-6-8-10-12-11-9-7-5-3-1;1-3-4-2;1-2-3;2-1(3)4;/h1-11H2,(H,13,14);1-10H2,(H,13,14)(H,15,16);1-11H2;1-2H,3-12H2;1-2,7-10H,3-6,11-12H2;3-4H,1-2H2;(H2,1,3);(H,2,3,4);1H/b;;;;2-1-,9-7-,10-8?;;;;. The molecule has 0 bridgehead atoms. The molecule has 0 spiro atoms. The number of nitroso groups, excluding NO2 is 1. The molecule has 78 heavy (non-hydrogen) atoms. The number of amides is 1. The van der Waals surface area contributed by atoms with Gasteiger partial charge in [0.1, 0.15) is 5.78 Å². The smallest absolute Gasteiger partial charge is 0.303 e. The van der Waals surface area contributed by atoms with E-state index in [4.69, 9.17) is 30.4 Å². The third-order valence-electron chi connectivity index (χ3n) is 13.2. The average Bonchev–Trinajstić information content (AvgIpc) is 3.42. The van der Waals surface area contributed by atoms with Gasteiger partial charge in [-0.1, -0.05) is 241 Å². The SMILES string of the molecule is C1=CCC/C=C\CC/C=C\CC1.C1=CCCCCCCCCCC1.C=CC=C.NN=O.O=C(O)CCCCCCCCCCC(=O)O.O=C1CCCCCCCCCCC1.O=C1CCCCCCCCCCCN1.O=[N+]([O-])O.[HH]. The number of hydrogen-bond acceptors (Lipinski definition) is 8. The van der Waals surface area contributed by atoms with Crippen LogP contribution in [0.25, 0.3) is 0 Å². The fourth-order valence-electron chi connectivity index (χ4n) is 8.69. The molecule has 6 N–H and O–H groups in total. The Morgan fingerprint density at radius 1 is 0.487 bits per heavy atom. The van der Waals surface area contributed by atoms with Crippen LogP contribution in [0.15, 0.2) is 79.2 Å². The minimum Gasteiger partial charge on any atom is -0.481 e. The molecule has 1 heterocycles. The largest absolute Gasteiger partial charge is 0.481 e. The molecular formula is C64H118N4O10. The first-order chi connectivity index (χ1) is 38.0. The van der Waals surface area contributed by atoms with Gasteiger partial charge in [0.25, 0.3) is 5.09 Å². The van der Waals surface area contributed by atoms with Gasteiger partial charge < -0.3 is 20.7 Å². The van der Waals surface area contributed by atoms with Gasteiger partial charge in [0.05, 0.1) is 0 Å². The molecule has 14 nitrogen and oxygen atoms in total. The molecule has 1 saturated heterocycles. The fraction of sp³-hybridized carbons (Fsp3) is 0.750. The minimum atomic E-state index is -1.50. The molecule has 0 atom stereocenters. The molecule has 1 aliphatic heterocycles. The Morgan fingerprint density at radius 3 is 1.00 bits per heavy atom. The van der Waals surface area contributed by atoms with E-state index in [0.29, 0.717) is 5.78 Å². The van der Waals surface area contributed by atoms with Gasteiger partial charge in [0.15, 0.2) is 0 Å². The molecule has 2 fully saturated rings. The number of carboxylic acids is 2. The first-order valence-electron chi connectivity index (χ1n) is 30.9. The second-order valence-corrected chi connectivity index (χ2v) is 20.5. The number of Topliss-reactive ketones (excluding diaryl/α,β-unsaturated/α-hetero) is 1. The number of hydrogen-bond donors (Lipinski definition) is 5. The molecule has 454 valence electrons. The summed E-state index contributed by atoms with van der Waals surface area (Å²) in [5.41, 5.74) is 0. The second kappa shape index (κ2) is 74.2. The van der Waals surface area contributed by atoms with E-state index in [0.717, 1.165) is 103 Å². The van der Waals surface area contributed by atoms with Crippen molar-refractivity contribution in [1.29, 1.82) is 0 Å². The lowest BCUT2D eigenvalue weighted by molar-refractivity contribution is -0.742. The van der Waals surface area contributed by atoms with Crippen LogP contribution in [-0.2, 0) is 19.2 Å². The van der Waals surface area contributed by atoms with E-state index in [1.54, 1.807) is 17.4 Å². The summed E-state index contributed by atoms with van der Waals surface area (Å²) in [6, 6.07) is 0. The lowest BCUT2D eigenvalue weighted by Crippen LogP contribution is -2.23. The van der Waals surface area contributed by atoms with E-state index < -0.39 is 17.0 Å². The number of nitrogens with zero attached hydrogens (tertiary/aromatic N) is 2. The Morgan fingerprint density at radius 2 is 0.718 bits per heavy atom. The van der Waals surface area contributed by atoms with Crippen molar-refractivity contribution in [2.24, 2.45) is 11.1 Å². The van der Waals surface area contributed by atoms with Crippen molar-refractivity contribution in [1.82, 2.24) is 5.32 Å². The maximum absolute atomic E-state index is 11.3. The van der Waals surface area contributed by atoms with E-state index >= 15 is 0 Å². The van der Waals surface area contributed by atoms with Crippen molar-refractivity contribution in [3.8, 4) is 0 Å². The number of unbranched alkanes of at least 4 members (excludes halogenated alkanes) is 7. The number of nitrogens with one attached hydrogen (secondary N) is 1. The summed E-state index contributed by atoms with van der Waals surface area (Å²) < 4.78 is 0. The van der Waals surface area contributed by atoms with Crippen molar-refractivity contribution in [2.75, 3.05) is 6.54 Å². The van der Waals surface area contributed by atoms with Gasteiger partial charge in [-0.3, -0.25) is 25.0 Å². The van der Waals surface area contributed by atoms with Crippen LogP contribution < -0.4 is 11.2 Å². The number of carboxylic acid groups (broad SMARTS) is 2. The fourth-order valence-corrected chi connectivity index (χ4v) is 8.69. The molecule has 0 aromatic rings. The predicted octanol–water partition coefficient (Wildman–Crippen LogP) is 19.3. The topological polar surface area (TPSA) is 240 Å². The van der Waals surface area contributed by atoms with E-state index in [1.807, 2.05) is 0 Å². The van der Waals surface area contributed by atoms with E-state index in [2.05, 4.69) is 72.9 Å². The van der Waals surface area contributed by atoms with Gasteiger partial charge in [0.2, 0.25) is 5.91 Å². The molecule has 1 amide bonds. The minimum absolute atomic E-state index is 0. The Bertz CT molecular complexity index is 1360. The van der Waals surface area contributed by atoms with Gasteiger partial charge in [-0.2, -0.15) is 0 Å². The Balaban J connectivity index is -0.000000275. The summed E-state index contributed by atoms with van der Waals surface area (Å²) in [7, 11) is 0. The van der Waals surface area contributed by atoms with Crippen LogP contribution in [0.1, 0.15) is 303 Å². The summed E-state index contributed by atoms with van der Waals surface area (Å²) >= 11 is 0. The van der Waals surface area contributed by atoms with Crippen LogP contribution in [0.2, 0.25) is 0 Å². The van der Waals surface area contributed by atoms with Gasteiger partial charge in [0, 0.05) is 45.4 Å². The highest BCUT2D eigenvalue weighted by Crippen LogP contribution is 2.16. The zero-order chi connectivity index (χ0) is 58.3. The van der Waals surface area contributed by atoms with Crippen molar-refractivity contribution in [2.45, 2.75) is 302 Å². The van der Waals surface area contributed by atoms with Gasteiger partial charge >= 0.3 is 11.9 Å². The monoisotopic (exact) mass is 1100 g/mol. The Kier molecular flexibility index (Phi) is 75.7. The highest BCUT2D eigenvalue weighted by atomic mass is 16.9. The zero-order valence-electron chi connectivity index (χ0n) is 49.3. The van der Waals surface area contributed by atoms with Crippen molar-refractivity contribution in [3.63, 3.8) is 0 Å². The maximum Gasteiger partial charge on any atom is 0.303 e. The van der Waals surface area contributed by atoms with Crippen LogP contribution in [0.4, 0.5) is 0 Å². The van der Waals surface area contributed by atoms with Crippen molar-refractivity contribution < 1.29 is 41.1 Å². The van der Waals surface area contributed by atoms with E-state index in [-0.39, 0.29) is 20.2 Å². The highest BCUT2D eigenvalue weighted by Gasteiger charge is 2.04. The van der Waals surface area contributed by atoms with Crippen LogP contribution >= 0.6 is 0 Å². The molecular weight excluding hydrogens is 985 g/mol. The second-order valence-electron chi connectivity index (χ2n) is 20.5. The normalized spacial score (nSPS) is 18.2. The third kappa shape index (κ3) is 90.6. The molecule has 1 saturated carbocycles. The number of rotatable bonds is 12. The first kappa shape index (κ1) is 79.6. The zero-order valence-corrected chi connectivity index (χ0v) is 49.3. The Labute approximate surface area is 476 Å². The number of ketones is 1. The number of carbonyl (C=O) groups excluding carboxylic acids is 2. The molecule has 4 rings (SSSR count). The van der Waals surface area contributed by atoms with Crippen molar-refractivity contribution >= 4 is 23.6 Å². The summed E-state index contributed by atoms with van der Waals surface area (Å²) in [4.78, 5) is 59.7. The number of aliphatic carboxylic acids is 2. The van der Waals surface area contributed by atoms with E-state index in [1.165, 1.54) is 193 Å². The molecule has 0 unspecified atom stereocenters. The molecule has 4 aliphatic rings. The predicted molar refractivity (Wildman–Crippen MR) is 328 cm³/mol. The van der Waals surface area contributed by atoms with Crippen LogP contribution in [0.3, 0.4) is 0 Å². The molecule has 0 aromatic heterocycles. The summed E-state index contributed by atoms with van der Waals surface area (Å²) in [5, 5.41) is 35.2. The number of nitrogens with two attached hydrogens (primary N) is 1. The maximum atomic E-state index is 11.3. The lowest BCUT2D eigenvalue weighted by atomic mass is 10.0. The molecule has 0 aromatic carbocycles. The Hall–Kier alpha value is -4.88. The average molecular weight is 1100 g/mol. The highest BCUT2D eigenvalue weighted by molar-refractivity contribution is 5.78. The van der Waals surface area contributed by atoms with Crippen LogP contribution in [0, 0.1) is 15.0 Å². The van der Waals surface area contributed by atoms with Crippen LogP contribution in [0.5, 0.6) is 0 Å². The van der Waals surface area contributed by atoms with Gasteiger partial charge in [-0.15, -0.1) is 15.0 Å². The number of allylic oxidation sites excluding steroid dienone is 10. The lowest BCUT2D eigenvalue weighted by Gasteiger charge is -2.05. The molecule has 3 aliphatic carbocycles. The van der Waals surface area contributed by atoms with E-state index in [9.17, 15) is 19.2 Å². The molecule has 0 radical (unpaired) electrons. The van der Waals surface area contributed by atoms with Gasteiger partial charge in [-0.25, -0.2) is 0 Å². The first-order valence-corrected chi connectivity index (χ1v) is 30.9. The van der Waals surface area contributed by atoms with Gasteiger partial charge in [-0.05, 0) is 103 Å². The number of carbonyl (C=O) groups is 4. The summed E-state index contributed by atoms with van der Waals surface area (Å²) in [6.45, 7) is 7.61. The summed E-state index contributed by atoms with van der Waals surface area (Å²) in [5.74, 6) is 3.24. The molecule has 14 heteroatoms.